The van der Waals surface area contributed by atoms with Crippen LogP contribution in [0.2, 0.25) is 0 Å². The number of nitro benzene ring substituents is 1. The van der Waals surface area contributed by atoms with Gasteiger partial charge in [0.2, 0.25) is 0 Å². The summed E-state index contributed by atoms with van der Waals surface area (Å²) in [6, 6.07) is 17.1. The van der Waals surface area contributed by atoms with Gasteiger partial charge in [0.25, 0.3) is 5.69 Å². The van der Waals surface area contributed by atoms with E-state index in [0.717, 1.165) is 101 Å². The monoisotopic (exact) mass is 879 g/mol. The maximum atomic E-state index is 11.2. The van der Waals surface area contributed by atoms with Crippen LogP contribution in [0.1, 0.15) is 33.0 Å². The molecule has 3 saturated heterocycles. The molecule has 18 nitrogen and oxygen atoms in total. The zero-order valence-corrected chi connectivity index (χ0v) is 37.9. The molecule has 0 unspecified atom stereocenters. The molecule has 0 bridgehead atoms. The van der Waals surface area contributed by atoms with Crippen LogP contribution >= 0.6 is 12.4 Å². The van der Waals surface area contributed by atoms with Gasteiger partial charge in [-0.3, -0.25) is 25.1 Å². The molecule has 8 N–H and O–H groups in total. The Bertz CT molecular complexity index is 2080. The summed E-state index contributed by atoms with van der Waals surface area (Å²) in [4.78, 5) is 53.2. The number of likely N-dealkylation sites (N-methyl/N-ethyl adjacent to an activating group) is 3. The third-order valence-corrected chi connectivity index (χ3v) is 10.5. The van der Waals surface area contributed by atoms with Crippen molar-refractivity contribution < 1.29 is 19.2 Å². The Hall–Kier alpha value is -5.69. The molecule has 0 aliphatic carbocycles. The molecule has 0 spiro atoms. The topological polar surface area (TPSA) is 237 Å². The van der Waals surface area contributed by atoms with Gasteiger partial charge in [0.1, 0.15) is 23.1 Å². The number of nitrogens with one attached hydrogen (secondary N) is 2. The summed E-state index contributed by atoms with van der Waals surface area (Å²) in [6.45, 7) is 17.7. The van der Waals surface area contributed by atoms with Crippen molar-refractivity contribution in [1.82, 2.24) is 24.7 Å². The van der Waals surface area contributed by atoms with E-state index in [1.54, 1.807) is 26.0 Å². The number of ketones is 2. The van der Waals surface area contributed by atoms with E-state index < -0.39 is 4.92 Å². The Labute approximate surface area is 371 Å². The molecule has 340 valence electrons. The van der Waals surface area contributed by atoms with Crippen molar-refractivity contribution in [3.8, 4) is 0 Å². The normalized spacial score (nSPS) is 15.7. The number of hydrogen-bond donors (Lipinski definition) is 5. The maximum Gasteiger partial charge on any atom is 0.292 e. The van der Waals surface area contributed by atoms with Crippen LogP contribution in [0.3, 0.4) is 0 Å². The van der Waals surface area contributed by atoms with Gasteiger partial charge in [-0.25, -0.2) is 4.98 Å². The molecule has 1 aromatic heterocycles. The van der Waals surface area contributed by atoms with Gasteiger partial charge in [-0.15, -0.1) is 12.4 Å². The number of piperazine rings is 3. The number of nitrogens with zero attached hydrogens (tertiary/aromatic N) is 8. The van der Waals surface area contributed by atoms with Gasteiger partial charge in [-0.05, 0) is 90.4 Å². The number of aromatic nitrogens is 2. The van der Waals surface area contributed by atoms with Crippen molar-refractivity contribution in [2.75, 3.05) is 138 Å². The molecule has 4 aromatic rings. The van der Waals surface area contributed by atoms with Crippen molar-refractivity contribution in [2.45, 2.75) is 33.6 Å². The number of carbonyl (C=O) groups is 2. The molecule has 0 saturated carbocycles. The Balaban J connectivity index is 0.000000226. The summed E-state index contributed by atoms with van der Waals surface area (Å²) in [7, 11) is 6.39. The molecule has 0 radical (unpaired) electrons. The third kappa shape index (κ3) is 16.0. The number of anilines is 6. The molecule has 19 heteroatoms. The van der Waals surface area contributed by atoms with Gasteiger partial charge in [0, 0.05) is 102 Å². The number of hydrogen-bond acceptors (Lipinski definition) is 16. The Kier molecular flexibility index (Phi) is 20.2. The molecule has 4 heterocycles. The number of nitro groups is 1. The van der Waals surface area contributed by atoms with E-state index in [1.807, 2.05) is 24.3 Å². The highest BCUT2D eigenvalue weighted by atomic mass is 35.5. The highest BCUT2D eigenvalue weighted by molar-refractivity contribution is 5.95. The fourth-order valence-corrected chi connectivity index (χ4v) is 6.88. The number of Topliss-reactive ketones (excluding diaryl/α,β-unsaturated/α-hetero) is 2. The molecular weight excluding hydrogens is 814 g/mol. The number of aromatic amines is 1. The average molecular weight is 881 g/mol. The van der Waals surface area contributed by atoms with Crippen LogP contribution in [0.15, 0.2) is 54.6 Å². The average Bonchev–Trinajstić information content (AvgIpc) is 3.61. The van der Waals surface area contributed by atoms with Gasteiger partial charge < -0.3 is 56.3 Å². The summed E-state index contributed by atoms with van der Waals surface area (Å²) >= 11 is 0. The molecule has 0 atom stereocenters. The van der Waals surface area contributed by atoms with E-state index in [0.29, 0.717) is 24.4 Å². The second-order valence-electron chi connectivity index (χ2n) is 15.7. The molecule has 7 rings (SSSR count). The molecule has 0 amide bonds. The lowest BCUT2D eigenvalue weighted by molar-refractivity contribution is -0.383. The first kappa shape index (κ1) is 50.7. The Morgan fingerprint density at radius 2 is 1.16 bits per heavy atom. The second kappa shape index (κ2) is 24.7. The minimum atomic E-state index is -0.455. The van der Waals surface area contributed by atoms with Gasteiger partial charge in [0.05, 0.1) is 46.8 Å². The quantitative estimate of drug-likeness (QED) is 0.0516. The maximum absolute atomic E-state index is 11.2. The number of fused-ring (bicyclic) bond motifs is 1. The van der Waals surface area contributed by atoms with Crippen LogP contribution in [0, 0.1) is 15.5 Å². The van der Waals surface area contributed by atoms with E-state index in [1.165, 1.54) is 24.4 Å². The van der Waals surface area contributed by atoms with E-state index in [2.05, 4.69) is 72.6 Å². The summed E-state index contributed by atoms with van der Waals surface area (Å²) in [5.41, 5.74) is 24.0. The van der Waals surface area contributed by atoms with Crippen LogP contribution in [0.25, 0.3) is 11.0 Å². The second-order valence-corrected chi connectivity index (χ2v) is 15.7. The first-order valence-corrected chi connectivity index (χ1v) is 20.7. The van der Waals surface area contributed by atoms with Crippen molar-refractivity contribution in [2.24, 2.45) is 0 Å². The number of ether oxygens (including phenoxy) is 1. The number of nitrogens with two attached hydrogens (primary N) is 3. The van der Waals surface area contributed by atoms with Crippen molar-refractivity contribution in [3.63, 3.8) is 0 Å². The summed E-state index contributed by atoms with van der Waals surface area (Å²) < 4.78 is 4.72. The van der Waals surface area contributed by atoms with Crippen molar-refractivity contribution >= 4 is 80.7 Å². The molecular formula is C43H66ClN13O5. The van der Waals surface area contributed by atoms with E-state index in [4.69, 9.17) is 27.3 Å². The number of imidazole rings is 1. The molecule has 62 heavy (non-hydrogen) atoms. The smallest absolute Gasteiger partial charge is 0.292 e. The Morgan fingerprint density at radius 1 is 0.710 bits per heavy atom. The standard InChI is InChI=1S/C15H20N4O.C11H16N4O2.C11H18N4.C6H11NO2.ClH/c1-11(20)9-15-16-13-4-3-12(10-14(13)17-15)19-7-5-18(2)6-8-19;1-13-4-6-14(7-5-13)9-2-3-11(15(16)17)10(12)8-9;1-14-4-6-15(7-5-14)9-2-3-10(12)11(13)8-9;1-3-9-6(7)4-5(2)8;/h3-4,10H,5-9H2,1-2H3,(H,16,17);2-3,8H,4-7,12H2,1H3;2-3,8H,4-7,12-13H2,1H3;7H,3-4H2,1-2H3;1H. The van der Waals surface area contributed by atoms with Crippen molar-refractivity contribution in [3.05, 3.63) is 70.5 Å². The largest absolute Gasteiger partial charge is 0.481 e. The van der Waals surface area contributed by atoms with Crippen LogP contribution in [-0.2, 0) is 20.7 Å². The summed E-state index contributed by atoms with van der Waals surface area (Å²) in [5, 5.41) is 17.6. The lowest BCUT2D eigenvalue weighted by Crippen LogP contribution is -2.44. The minimum absolute atomic E-state index is 0. The Morgan fingerprint density at radius 3 is 1.58 bits per heavy atom. The number of benzene rings is 3. The number of nitrogen functional groups attached to an aromatic ring is 3. The SMILES string of the molecule is CC(=O)Cc1nc2ccc(N3CCN(C)CC3)cc2[nH]1.CCOC(=N)CC(C)=O.CN1CCN(c2ccc(N)c(N)c2)CC1.CN1CCN(c2ccc([N+](=O)[O-])c(N)c2)CC1.Cl. The van der Waals surface area contributed by atoms with E-state index in [9.17, 15) is 19.7 Å². The van der Waals surface area contributed by atoms with E-state index in [-0.39, 0.29) is 47.7 Å². The van der Waals surface area contributed by atoms with Crippen LogP contribution in [0.5, 0.6) is 0 Å². The third-order valence-electron chi connectivity index (χ3n) is 10.5. The summed E-state index contributed by atoms with van der Waals surface area (Å²) in [6.07, 6.45) is 0.492. The summed E-state index contributed by atoms with van der Waals surface area (Å²) in [5.74, 6) is 0.907. The first-order valence-electron chi connectivity index (χ1n) is 20.7. The number of H-pyrrole nitrogens is 1. The van der Waals surface area contributed by atoms with Gasteiger partial charge in [0.15, 0.2) is 5.90 Å². The fourth-order valence-electron chi connectivity index (χ4n) is 6.88. The highest BCUT2D eigenvalue weighted by Gasteiger charge is 2.19. The minimum Gasteiger partial charge on any atom is -0.481 e. The zero-order chi connectivity index (χ0) is 44.6. The lowest BCUT2D eigenvalue weighted by atomic mass is 10.2. The lowest BCUT2D eigenvalue weighted by Gasteiger charge is -2.34. The molecule has 3 aromatic carbocycles. The van der Waals surface area contributed by atoms with Gasteiger partial charge >= 0.3 is 0 Å². The zero-order valence-electron chi connectivity index (χ0n) is 37.1. The molecule has 3 aliphatic rings. The first-order chi connectivity index (χ1) is 29.0. The fraction of sp³-hybridized carbons (Fsp3) is 0.488. The number of rotatable bonds is 9. The van der Waals surface area contributed by atoms with Crippen LogP contribution in [-0.4, -0.2) is 153 Å². The predicted octanol–water partition coefficient (Wildman–Crippen LogP) is 4.38. The predicted molar refractivity (Wildman–Crippen MR) is 254 cm³/mol. The number of carbonyl (C=O) groups excluding carboxylic acids is 2. The van der Waals surface area contributed by atoms with Crippen LogP contribution < -0.4 is 31.9 Å². The number of halogens is 1. The highest BCUT2D eigenvalue weighted by Crippen LogP contribution is 2.28. The molecule has 3 aliphatic heterocycles. The van der Waals surface area contributed by atoms with Gasteiger partial charge in [-0.2, -0.15) is 0 Å². The molecule has 3 fully saturated rings. The van der Waals surface area contributed by atoms with Crippen LogP contribution in [0.4, 0.5) is 39.8 Å². The van der Waals surface area contributed by atoms with Gasteiger partial charge in [-0.1, -0.05) is 0 Å². The van der Waals surface area contributed by atoms with Crippen molar-refractivity contribution in [1.29, 1.82) is 5.41 Å². The van der Waals surface area contributed by atoms with E-state index >= 15 is 0 Å².